The molecule has 0 heterocycles. The summed E-state index contributed by atoms with van der Waals surface area (Å²) in [4.78, 5) is 46.0. The molecular formula is C32H64O8. The molecule has 0 saturated carbocycles. The van der Waals surface area contributed by atoms with Crippen LogP contribution >= 0.6 is 0 Å². The fourth-order valence-corrected chi connectivity index (χ4v) is 3.34. The molecule has 0 unspecified atom stereocenters. The summed E-state index contributed by atoms with van der Waals surface area (Å²) < 4.78 is 0. The summed E-state index contributed by atoms with van der Waals surface area (Å²) >= 11 is 0. The Balaban J connectivity index is -0.000000941. The number of carbonyl (C=O) groups is 3. The predicted octanol–water partition coefficient (Wildman–Crippen LogP) is 9.83. The Bertz CT molecular complexity index is 536. The van der Waals surface area contributed by atoms with Gasteiger partial charge in [0.15, 0.2) is 0 Å². The number of aliphatic carboxylic acids is 1. The first-order valence-corrected chi connectivity index (χ1v) is 15.9. The molecule has 0 aliphatic carbocycles. The Morgan fingerprint density at radius 1 is 0.575 bits per heavy atom. The summed E-state index contributed by atoms with van der Waals surface area (Å²) in [6, 6.07) is 0. The highest BCUT2D eigenvalue weighted by Gasteiger charge is 2.09. The zero-order valence-electron chi connectivity index (χ0n) is 27.1. The maximum atomic E-state index is 11.6. The first kappa shape index (κ1) is 42.8. The number of rotatable bonds is 21. The largest absolute Gasteiger partial charge is 0.481 e. The van der Waals surface area contributed by atoms with Gasteiger partial charge >= 0.3 is 17.9 Å². The summed E-state index contributed by atoms with van der Waals surface area (Å²) in [5.74, 6) is -1.83. The van der Waals surface area contributed by atoms with Crippen molar-refractivity contribution in [1.82, 2.24) is 0 Å². The fraction of sp³-hybridized carbons (Fsp3) is 0.906. The van der Waals surface area contributed by atoms with Crippen LogP contribution in [-0.2, 0) is 29.0 Å². The Hall–Kier alpha value is -1.67. The maximum absolute atomic E-state index is 11.6. The van der Waals surface area contributed by atoms with Gasteiger partial charge in [0.2, 0.25) is 0 Å². The second-order valence-electron chi connectivity index (χ2n) is 11.8. The number of carboxylic acid groups (broad SMARTS) is 1. The molecule has 2 N–H and O–H groups in total. The summed E-state index contributed by atoms with van der Waals surface area (Å²) in [6.45, 7) is 13.1. The van der Waals surface area contributed by atoms with E-state index in [9.17, 15) is 14.4 Å². The number of carboxylic acids is 1. The van der Waals surface area contributed by atoms with Crippen LogP contribution in [0.2, 0.25) is 0 Å². The van der Waals surface area contributed by atoms with Gasteiger partial charge in [0, 0.05) is 0 Å². The van der Waals surface area contributed by atoms with E-state index >= 15 is 0 Å². The molecule has 0 radical (unpaired) electrons. The molecule has 0 aromatic heterocycles. The number of unbranched alkanes of at least 4 members (excludes halogenated alkanes) is 16. The van der Waals surface area contributed by atoms with Crippen LogP contribution in [0.4, 0.5) is 0 Å². The van der Waals surface area contributed by atoms with E-state index in [1.54, 1.807) is 34.6 Å². The van der Waals surface area contributed by atoms with Crippen LogP contribution in [0, 0.1) is 5.92 Å². The average Bonchev–Trinajstić information content (AvgIpc) is 2.90. The normalized spacial score (nSPS) is 10.7. The number of hydrogen-bond acceptors (Lipinski definition) is 7. The van der Waals surface area contributed by atoms with Gasteiger partial charge in [0.1, 0.15) is 0 Å². The monoisotopic (exact) mass is 576 g/mol. The highest BCUT2D eigenvalue weighted by molar-refractivity contribution is 5.72. The SMILES string of the molecule is CC(C)(C)OO.CC(C)C(=O)O.CCCCCCCCCCCC(=O)OOC(=O)CCCCCCCCCCC. The minimum atomic E-state index is -0.741. The molecule has 0 rings (SSSR count). The van der Waals surface area contributed by atoms with E-state index in [2.05, 4.69) is 28.5 Å². The Morgan fingerprint density at radius 3 is 1.00 bits per heavy atom. The lowest BCUT2D eigenvalue weighted by Crippen LogP contribution is -2.15. The van der Waals surface area contributed by atoms with E-state index < -0.39 is 23.5 Å². The van der Waals surface area contributed by atoms with Crippen molar-refractivity contribution < 1.29 is 39.4 Å². The smallest absolute Gasteiger partial charge is 0.355 e. The van der Waals surface area contributed by atoms with E-state index in [1.807, 2.05) is 0 Å². The van der Waals surface area contributed by atoms with E-state index in [4.69, 9.17) is 10.4 Å². The van der Waals surface area contributed by atoms with Gasteiger partial charge in [-0.1, -0.05) is 130 Å². The lowest BCUT2D eigenvalue weighted by atomic mass is 10.1. The van der Waals surface area contributed by atoms with Crippen molar-refractivity contribution in [2.75, 3.05) is 0 Å². The fourth-order valence-electron chi connectivity index (χ4n) is 3.34. The van der Waals surface area contributed by atoms with Gasteiger partial charge in [0.25, 0.3) is 0 Å². The molecule has 40 heavy (non-hydrogen) atoms. The minimum Gasteiger partial charge on any atom is -0.481 e. The van der Waals surface area contributed by atoms with Gasteiger partial charge in [-0.05, 0) is 33.6 Å². The highest BCUT2D eigenvalue weighted by atomic mass is 17.2. The van der Waals surface area contributed by atoms with Gasteiger partial charge in [-0.25, -0.2) is 24.3 Å². The van der Waals surface area contributed by atoms with Gasteiger partial charge in [0.05, 0.1) is 24.4 Å². The third-order valence-electron chi connectivity index (χ3n) is 5.96. The van der Waals surface area contributed by atoms with Crippen LogP contribution in [-0.4, -0.2) is 33.9 Å². The van der Waals surface area contributed by atoms with E-state index in [1.165, 1.54) is 77.0 Å². The van der Waals surface area contributed by atoms with Crippen LogP contribution in [0.1, 0.15) is 177 Å². The molecular weight excluding hydrogens is 512 g/mol. The molecule has 0 fully saturated rings. The van der Waals surface area contributed by atoms with E-state index in [0.29, 0.717) is 12.8 Å². The van der Waals surface area contributed by atoms with Crippen LogP contribution in [0.3, 0.4) is 0 Å². The summed E-state index contributed by atoms with van der Waals surface area (Å²) in [5, 5.41) is 15.9. The lowest BCUT2D eigenvalue weighted by molar-refractivity contribution is -0.306. The molecule has 0 aliphatic rings. The standard InChI is InChI=1S/C24H46O4.C4H10O2.C4H8O2/c1-3-5-7-9-11-13-15-17-19-21-23(25)27-28-24(26)22-20-18-16-14-12-10-8-6-4-2;1-4(2,3)6-5;1-3(2)4(5)6/h3-22H2,1-2H3;5H,1-3H3;3H,1-2H3,(H,5,6). The molecule has 0 amide bonds. The molecule has 0 aliphatic heterocycles. The van der Waals surface area contributed by atoms with Gasteiger partial charge < -0.3 is 5.11 Å². The minimum absolute atomic E-state index is 0.231. The Kier molecular flexibility index (Phi) is 34.1. The molecule has 0 aromatic carbocycles. The van der Waals surface area contributed by atoms with Crippen molar-refractivity contribution in [2.24, 2.45) is 5.92 Å². The second kappa shape index (κ2) is 31.9. The first-order chi connectivity index (χ1) is 18.9. The number of carbonyl (C=O) groups excluding carboxylic acids is 2. The topological polar surface area (TPSA) is 119 Å². The zero-order valence-corrected chi connectivity index (χ0v) is 27.1. The summed E-state index contributed by atoms with van der Waals surface area (Å²) in [7, 11) is 0. The maximum Gasteiger partial charge on any atom is 0.355 e. The average molecular weight is 577 g/mol. The molecule has 0 bridgehead atoms. The van der Waals surface area contributed by atoms with Gasteiger partial charge in [-0.3, -0.25) is 10.1 Å². The third-order valence-corrected chi connectivity index (χ3v) is 5.96. The number of hydrogen-bond donors (Lipinski definition) is 2. The second-order valence-corrected chi connectivity index (χ2v) is 11.8. The molecule has 0 aromatic rings. The molecule has 8 nitrogen and oxygen atoms in total. The predicted molar refractivity (Wildman–Crippen MR) is 162 cm³/mol. The van der Waals surface area contributed by atoms with Crippen molar-refractivity contribution >= 4 is 17.9 Å². The highest BCUT2D eigenvalue weighted by Crippen LogP contribution is 2.12. The summed E-state index contributed by atoms with van der Waals surface area (Å²) in [6.07, 6.45) is 22.3. The molecule has 240 valence electrons. The van der Waals surface area contributed by atoms with Crippen LogP contribution in [0.15, 0.2) is 0 Å². The van der Waals surface area contributed by atoms with E-state index in [0.717, 1.165) is 38.5 Å². The zero-order chi connectivity index (χ0) is 31.1. The van der Waals surface area contributed by atoms with Gasteiger partial charge in [-0.15, -0.1) is 0 Å². The van der Waals surface area contributed by atoms with Crippen molar-refractivity contribution in [3.05, 3.63) is 0 Å². The lowest BCUT2D eigenvalue weighted by Gasteiger charge is -2.10. The quantitative estimate of drug-likeness (QED) is 0.0787. The molecule has 0 spiro atoms. The van der Waals surface area contributed by atoms with Crippen LogP contribution in [0.5, 0.6) is 0 Å². The first-order valence-electron chi connectivity index (χ1n) is 15.9. The van der Waals surface area contributed by atoms with Crippen molar-refractivity contribution in [3.63, 3.8) is 0 Å². The third kappa shape index (κ3) is 43.4. The molecule has 8 heteroatoms. The van der Waals surface area contributed by atoms with Crippen molar-refractivity contribution in [2.45, 2.75) is 182 Å². The van der Waals surface area contributed by atoms with Crippen LogP contribution in [0.25, 0.3) is 0 Å². The van der Waals surface area contributed by atoms with E-state index in [-0.39, 0.29) is 5.92 Å². The Morgan fingerprint density at radius 2 is 0.800 bits per heavy atom. The van der Waals surface area contributed by atoms with Crippen LogP contribution < -0.4 is 0 Å². The van der Waals surface area contributed by atoms with Crippen molar-refractivity contribution in [1.29, 1.82) is 0 Å². The summed E-state index contributed by atoms with van der Waals surface area (Å²) in [5.41, 5.74) is -0.403. The van der Waals surface area contributed by atoms with Gasteiger partial charge in [-0.2, -0.15) is 0 Å². The molecule has 0 atom stereocenters. The molecule has 0 saturated heterocycles. The van der Waals surface area contributed by atoms with Crippen molar-refractivity contribution in [3.8, 4) is 0 Å². The Labute approximate surface area is 245 Å².